The van der Waals surface area contributed by atoms with Crippen molar-refractivity contribution in [1.29, 1.82) is 0 Å². The molecule has 0 aromatic carbocycles. The van der Waals surface area contributed by atoms with E-state index >= 15 is 0 Å². The third-order valence-corrected chi connectivity index (χ3v) is 6.87. The summed E-state index contributed by atoms with van der Waals surface area (Å²) in [5.41, 5.74) is 0. The lowest BCUT2D eigenvalue weighted by molar-refractivity contribution is -0.0321. The summed E-state index contributed by atoms with van der Waals surface area (Å²) in [6, 6.07) is 0.765. The van der Waals surface area contributed by atoms with Gasteiger partial charge in [-0.25, -0.2) is 0 Å². The summed E-state index contributed by atoms with van der Waals surface area (Å²) in [6.07, 6.45) is 14.4. The second-order valence-electron chi connectivity index (χ2n) is 9.01. The molecule has 1 heterocycles. The van der Waals surface area contributed by atoms with Crippen molar-refractivity contribution in [3.05, 3.63) is 0 Å². The number of hydrogen-bond donors (Lipinski definition) is 0. The minimum Gasteiger partial charge on any atom is -0.375 e. The molecule has 1 aliphatic heterocycles. The molecular formula is C23H46N2O. The number of hydrogen-bond acceptors (Lipinski definition) is 3. The maximum atomic E-state index is 6.21. The standard InChI is InChI=1S/C23H46N2O/c1-5-9-21(4)26-23-13-11-22(12-14-23)10-7-8-15-24-16-18-25(19-17-24)20(3)6-2/h20-23H,5-19H2,1-4H3/t20?,21?,22-,23-. The monoisotopic (exact) mass is 366 g/mol. The van der Waals surface area contributed by atoms with Crippen LogP contribution in [-0.4, -0.2) is 60.8 Å². The molecule has 3 nitrogen and oxygen atoms in total. The molecule has 1 saturated carbocycles. The molecule has 0 N–H and O–H groups in total. The van der Waals surface area contributed by atoms with Crippen LogP contribution in [0.4, 0.5) is 0 Å². The molecule has 0 spiro atoms. The van der Waals surface area contributed by atoms with Gasteiger partial charge >= 0.3 is 0 Å². The van der Waals surface area contributed by atoms with Gasteiger partial charge in [-0.2, -0.15) is 0 Å². The highest BCUT2D eigenvalue weighted by molar-refractivity contribution is 4.77. The van der Waals surface area contributed by atoms with Crippen LogP contribution < -0.4 is 0 Å². The molecule has 1 saturated heterocycles. The Bertz CT molecular complexity index is 346. The Balaban J connectivity index is 1.49. The molecule has 0 aromatic heterocycles. The zero-order chi connectivity index (χ0) is 18.8. The van der Waals surface area contributed by atoms with E-state index in [-0.39, 0.29) is 0 Å². The summed E-state index contributed by atoms with van der Waals surface area (Å²) in [7, 11) is 0. The Morgan fingerprint density at radius 1 is 0.923 bits per heavy atom. The Kier molecular flexibility index (Phi) is 10.5. The Labute approximate surface area is 163 Å². The van der Waals surface area contributed by atoms with Gasteiger partial charge in [-0.15, -0.1) is 0 Å². The molecule has 2 rings (SSSR count). The molecule has 2 aliphatic rings. The van der Waals surface area contributed by atoms with Crippen LogP contribution in [0.1, 0.15) is 91.9 Å². The molecule has 154 valence electrons. The van der Waals surface area contributed by atoms with Gasteiger partial charge < -0.3 is 9.64 Å². The van der Waals surface area contributed by atoms with Gasteiger partial charge in [-0.05, 0) is 71.3 Å². The third-order valence-electron chi connectivity index (χ3n) is 6.87. The Hall–Kier alpha value is -0.120. The first-order valence-corrected chi connectivity index (χ1v) is 11.7. The average molecular weight is 367 g/mol. The summed E-state index contributed by atoms with van der Waals surface area (Å²) >= 11 is 0. The highest BCUT2D eigenvalue weighted by Gasteiger charge is 2.23. The van der Waals surface area contributed by atoms with Crippen LogP contribution in [0.25, 0.3) is 0 Å². The first kappa shape index (κ1) is 22.2. The van der Waals surface area contributed by atoms with E-state index in [1.807, 2.05) is 0 Å². The fraction of sp³-hybridized carbons (Fsp3) is 1.00. The smallest absolute Gasteiger partial charge is 0.0579 e. The molecule has 2 atom stereocenters. The normalized spacial score (nSPS) is 28.2. The second-order valence-corrected chi connectivity index (χ2v) is 9.01. The van der Waals surface area contributed by atoms with Gasteiger partial charge in [0, 0.05) is 32.2 Å². The van der Waals surface area contributed by atoms with Crippen LogP contribution in [0.5, 0.6) is 0 Å². The second kappa shape index (κ2) is 12.4. The first-order chi connectivity index (χ1) is 12.6. The number of ether oxygens (including phenoxy) is 1. The zero-order valence-electron chi connectivity index (χ0n) is 18.2. The van der Waals surface area contributed by atoms with Gasteiger partial charge in [-0.3, -0.25) is 4.90 Å². The molecule has 2 unspecified atom stereocenters. The largest absolute Gasteiger partial charge is 0.375 e. The van der Waals surface area contributed by atoms with Crippen molar-refractivity contribution in [3.8, 4) is 0 Å². The topological polar surface area (TPSA) is 15.7 Å². The molecule has 26 heavy (non-hydrogen) atoms. The average Bonchev–Trinajstić information content (AvgIpc) is 2.66. The van der Waals surface area contributed by atoms with Gasteiger partial charge in [0.15, 0.2) is 0 Å². The Morgan fingerprint density at radius 2 is 1.62 bits per heavy atom. The van der Waals surface area contributed by atoms with Gasteiger partial charge in [-0.1, -0.05) is 33.1 Å². The summed E-state index contributed by atoms with van der Waals surface area (Å²) in [6.45, 7) is 15.6. The van der Waals surface area contributed by atoms with E-state index < -0.39 is 0 Å². The van der Waals surface area contributed by atoms with Gasteiger partial charge in [0.1, 0.15) is 0 Å². The van der Waals surface area contributed by atoms with Crippen LogP contribution in [0.2, 0.25) is 0 Å². The molecule has 3 heteroatoms. The van der Waals surface area contributed by atoms with E-state index in [1.54, 1.807) is 0 Å². The van der Waals surface area contributed by atoms with Crippen molar-refractivity contribution < 1.29 is 4.74 Å². The highest BCUT2D eigenvalue weighted by Crippen LogP contribution is 2.30. The summed E-state index contributed by atoms with van der Waals surface area (Å²) < 4.78 is 6.21. The van der Waals surface area contributed by atoms with Crippen molar-refractivity contribution in [3.63, 3.8) is 0 Å². The van der Waals surface area contributed by atoms with Crippen molar-refractivity contribution in [2.75, 3.05) is 32.7 Å². The quantitative estimate of drug-likeness (QED) is 0.459. The highest BCUT2D eigenvalue weighted by atomic mass is 16.5. The first-order valence-electron chi connectivity index (χ1n) is 11.7. The van der Waals surface area contributed by atoms with Crippen LogP contribution in [0.3, 0.4) is 0 Å². The fourth-order valence-electron chi connectivity index (χ4n) is 4.81. The van der Waals surface area contributed by atoms with Gasteiger partial charge in [0.25, 0.3) is 0 Å². The van der Waals surface area contributed by atoms with Gasteiger partial charge in [0.2, 0.25) is 0 Å². The third kappa shape index (κ3) is 7.86. The molecule has 0 bridgehead atoms. The predicted octanol–water partition coefficient (Wildman–Crippen LogP) is 5.34. The zero-order valence-corrected chi connectivity index (χ0v) is 18.2. The lowest BCUT2D eigenvalue weighted by Crippen LogP contribution is -2.49. The summed E-state index contributed by atoms with van der Waals surface area (Å²) in [5.74, 6) is 0.971. The molecule has 2 fully saturated rings. The van der Waals surface area contributed by atoms with E-state index in [2.05, 4.69) is 37.5 Å². The van der Waals surface area contributed by atoms with Crippen LogP contribution in [-0.2, 0) is 4.74 Å². The lowest BCUT2D eigenvalue weighted by atomic mass is 9.84. The minimum absolute atomic E-state index is 0.460. The van der Waals surface area contributed by atoms with Crippen molar-refractivity contribution in [2.24, 2.45) is 5.92 Å². The van der Waals surface area contributed by atoms with E-state index in [4.69, 9.17) is 4.74 Å². The SMILES string of the molecule is CCCC(C)O[C@H]1CC[C@H](CCCCN2CCN(C(C)CC)CC2)CC1. The predicted molar refractivity (Wildman–Crippen MR) is 113 cm³/mol. The van der Waals surface area contributed by atoms with E-state index in [1.165, 1.54) is 96.9 Å². The van der Waals surface area contributed by atoms with E-state index in [0.717, 1.165) is 12.0 Å². The lowest BCUT2D eigenvalue weighted by Gasteiger charge is -2.38. The van der Waals surface area contributed by atoms with E-state index in [0.29, 0.717) is 12.2 Å². The van der Waals surface area contributed by atoms with Crippen LogP contribution >= 0.6 is 0 Å². The summed E-state index contributed by atoms with van der Waals surface area (Å²) in [5, 5.41) is 0. The van der Waals surface area contributed by atoms with E-state index in [9.17, 15) is 0 Å². The molecular weight excluding hydrogens is 320 g/mol. The van der Waals surface area contributed by atoms with Crippen molar-refractivity contribution >= 4 is 0 Å². The molecule has 0 aromatic rings. The molecule has 1 aliphatic carbocycles. The Morgan fingerprint density at radius 3 is 2.23 bits per heavy atom. The number of unbranched alkanes of at least 4 members (excludes halogenated alkanes) is 1. The van der Waals surface area contributed by atoms with Crippen LogP contribution in [0, 0.1) is 5.92 Å². The van der Waals surface area contributed by atoms with Crippen LogP contribution in [0.15, 0.2) is 0 Å². The molecule has 0 radical (unpaired) electrons. The molecule has 0 amide bonds. The summed E-state index contributed by atoms with van der Waals surface area (Å²) in [4.78, 5) is 5.36. The number of rotatable bonds is 11. The van der Waals surface area contributed by atoms with Crippen molar-refractivity contribution in [2.45, 2.75) is 110 Å². The fourth-order valence-corrected chi connectivity index (χ4v) is 4.81. The van der Waals surface area contributed by atoms with Gasteiger partial charge in [0.05, 0.1) is 12.2 Å². The van der Waals surface area contributed by atoms with Crippen molar-refractivity contribution in [1.82, 2.24) is 9.80 Å². The number of piperazine rings is 1. The maximum absolute atomic E-state index is 6.21. The number of nitrogens with zero attached hydrogens (tertiary/aromatic N) is 2. The minimum atomic E-state index is 0.460. The maximum Gasteiger partial charge on any atom is 0.0579 e.